The Bertz CT molecular complexity index is 1190. The van der Waals surface area contributed by atoms with E-state index in [1.165, 1.54) is 6.07 Å². The number of nitrogens with zero attached hydrogens (tertiary/aromatic N) is 7. The summed E-state index contributed by atoms with van der Waals surface area (Å²) in [5, 5.41) is 0.496. The zero-order valence-corrected chi connectivity index (χ0v) is 20.6. The fourth-order valence-electron chi connectivity index (χ4n) is 4.75. The number of halogens is 3. The first-order valence-corrected chi connectivity index (χ1v) is 12.3. The normalized spacial score (nSPS) is 20.8. The van der Waals surface area contributed by atoms with Gasteiger partial charge in [-0.15, -0.1) is 0 Å². The lowest BCUT2D eigenvalue weighted by atomic mass is 10.1. The van der Waals surface area contributed by atoms with Crippen molar-refractivity contribution >= 4 is 40.8 Å². The molecule has 2 saturated heterocycles. The highest BCUT2D eigenvalue weighted by molar-refractivity contribution is 6.31. The Morgan fingerprint density at radius 3 is 2.47 bits per heavy atom. The Kier molecular flexibility index (Phi) is 6.44. The van der Waals surface area contributed by atoms with E-state index in [2.05, 4.69) is 38.5 Å². The monoisotopic (exact) mass is 501 g/mol. The summed E-state index contributed by atoms with van der Waals surface area (Å²) in [5.74, 6) is 1.73. The van der Waals surface area contributed by atoms with Gasteiger partial charge >= 0.3 is 0 Å². The maximum atomic E-state index is 14.3. The summed E-state index contributed by atoms with van der Waals surface area (Å²) in [6.07, 6.45) is 5.49. The van der Waals surface area contributed by atoms with E-state index in [0.29, 0.717) is 53.9 Å². The molecule has 2 aliphatic rings. The molecule has 34 heavy (non-hydrogen) atoms. The molecule has 10 heteroatoms. The smallest absolute Gasteiger partial charge is 0.228 e. The minimum atomic E-state index is -0.460. The number of anilines is 3. The molecule has 2 aliphatic heterocycles. The molecule has 0 N–H and O–H groups in total. The van der Waals surface area contributed by atoms with E-state index in [-0.39, 0.29) is 11.1 Å². The second-order valence-corrected chi connectivity index (χ2v) is 9.65. The highest BCUT2D eigenvalue weighted by atomic mass is 35.5. The van der Waals surface area contributed by atoms with Crippen molar-refractivity contribution in [2.24, 2.45) is 0 Å². The summed E-state index contributed by atoms with van der Waals surface area (Å²) in [4.78, 5) is 25.0. The molecule has 0 unspecified atom stereocenters. The average molecular weight is 502 g/mol. The van der Waals surface area contributed by atoms with Gasteiger partial charge < -0.3 is 14.7 Å². The molecule has 4 heterocycles. The van der Waals surface area contributed by atoms with Crippen LogP contribution in [0.3, 0.4) is 0 Å². The summed E-state index contributed by atoms with van der Waals surface area (Å²) in [6.45, 7) is 7.40. The Labute approximate surface area is 208 Å². The van der Waals surface area contributed by atoms with Crippen LogP contribution in [0.2, 0.25) is 10.2 Å². The Morgan fingerprint density at radius 1 is 0.941 bits per heavy atom. The van der Waals surface area contributed by atoms with E-state index in [4.69, 9.17) is 33.2 Å². The molecule has 1 aromatic carbocycles. The number of piperazine rings is 1. The van der Waals surface area contributed by atoms with Crippen molar-refractivity contribution in [3.05, 3.63) is 52.7 Å². The van der Waals surface area contributed by atoms with Gasteiger partial charge in [-0.2, -0.15) is 4.98 Å². The number of benzene rings is 1. The molecular formula is C24H26Cl2FN7. The molecule has 5 rings (SSSR count). The van der Waals surface area contributed by atoms with Crippen molar-refractivity contribution in [3.63, 3.8) is 0 Å². The summed E-state index contributed by atoms with van der Waals surface area (Å²) in [5.41, 5.74) is 1.36. The quantitative estimate of drug-likeness (QED) is 0.493. The van der Waals surface area contributed by atoms with Crippen LogP contribution in [0.4, 0.5) is 22.0 Å². The standard InChI is InChI=1S/C24H26Cl2FN7/c1-15-4-3-9-33(15)21-13-20(17-5-6-18(25)19(27)12-17)30-24(31-21)34-11-10-32(14-16(34)2)23-22(26)28-7-8-29-23/h5-8,12-13,15-16H,3-4,9-11,14H2,1-2H3/t15-,16+/m1/s1. The molecule has 2 fully saturated rings. The summed E-state index contributed by atoms with van der Waals surface area (Å²) < 4.78 is 14.3. The molecule has 0 spiro atoms. The van der Waals surface area contributed by atoms with Crippen molar-refractivity contribution in [2.75, 3.05) is 40.9 Å². The summed E-state index contributed by atoms with van der Waals surface area (Å²) in [6, 6.07) is 7.25. The van der Waals surface area contributed by atoms with Gasteiger partial charge in [0.1, 0.15) is 11.6 Å². The van der Waals surface area contributed by atoms with Crippen LogP contribution in [0.15, 0.2) is 36.7 Å². The van der Waals surface area contributed by atoms with Crippen LogP contribution in [0.1, 0.15) is 26.7 Å². The van der Waals surface area contributed by atoms with Crippen molar-refractivity contribution < 1.29 is 4.39 Å². The van der Waals surface area contributed by atoms with Gasteiger partial charge in [-0.3, -0.25) is 0 Å². The largest absolute Gasteiger partial charge is 0.354 e. The third kappa shape index (κ3) is 4.49. The van der Waals surface area contributed by atoms with E-state index < -0.39 is 5.82 Å². The minimum absolute atomic E-state index is 0.0961. The van der Waals surface area contributed by atoms with Crippen LogP contribution in [0, 0.1) is 5.82 Å². The summed E-state index contributed by atoms with van der Waals surface area (Å²) in [7, 11) is 0. The van der Waals surface area contributed by atoms with E-state index in [1.54, 1.807) is 24.5 Å². The van der Waals surface area contributed by atoms with Crippen LogP contribution in [-0.4, -0.2) is 58.2 Å². The third-order valence-corrected chi connectivity index (χ3v) is 7.16. The molecule has 2 aromatic heterocycles. The van der Waals surface area contributed by atoms with E-state index in [1.807, 2.05) is 6.07 Å². The molecule has 0 aliphatic carbocycles. The first-order valence-electron chi connectivity index (χ1n) is 11.5. The van der Waals surface area contributed by atoms with Gasteiger partial charge in [0.25, 0.3) is 0 Å². The zero-order chi connectivity index (χ0) is 23.8. The minimum Gasteiger partial charge on any atom is -0.354 e. The average Bonchev–Trinajstić information content (AvgIpc) is 3.26. The van der Waals surface area contributed by atoms with Crippen LogP contribution in [0.25, 0.3) is 11.3 Å². The molecule has 7 nitrogen and oxygen atoms in total. The van der Waals surface area contributed by atoms with Gasteiger partial charge in [-0.1, -0.05) is 29.3 Å². The van der Waals surface area contributed by atoms with E-state index in [0.717, 1.165) is 25.2 Å². The lowest BCUT2D eigenvalue weighted by Gasteiger charge is -2.40. The Morgan fingerprint density at radius 2 is 1.76 bits per heavy atom. The van der Waals surface area contributed by atoms with E-state index >= 15 is 0 Å². The number of hydrogen-bond donors (Lipinski definition) is 0. The molecular weight excluding hydrogens is 476 g/mol. The lowest BCUT2D eigenvalue weighted by molar-refractivity contribution is 0.536. The van der Waals surface area contributed by atoms with Crippen molar-refractivity contribution in [3.8, 4) is 11.3 Å². The zero-order valence-electron chi connectivity index (χ0n) is 19.1. The Balaban J connectivity index is 1.49. The number of hydrogen-bond acceptors (Lipinski definition) is 7. The molecule has 0 radical (unpaired) electrons. The molecule has 3 aromatic rings. The fourth-order valence-corrected chi connectivity index (χ4v) is 5.09. The maximum Gasteiger partial charge on any atom is 0.228 e. The van der Waals surface area contributed by atoms with Crippen LogP contribution >= 0.6 is 23.2 Å². The van der Waals surface area contributed by atoms with Crippen LogP contribution in [-0.2, 0) is 0 Å². The molecule has 178 valence electrons. The van der Waals surface area contributed by atoms with Crippen molar-refractivity contribution in [2.45, 2.75) is 38.8 Å². The van der Waals surface area contributed by atoms with Crippen molar-refractivity contribution in [1.82, 2.24) is 19.9 Å². The van der Waals surface area contributed by atoms with Gasteiger partial charge in [-0.25, -0.2) is 19.3 Å². The van der Waals surface area contributed by atoms with Crippen molar-refractivity contribution in [1.29, 1.82) is 0 Å². The second kappa shape index (κ2) is 9.50. The molecule has 0 saturated carbocycles. The van der Waals surface area contributed by atoms with Gasteiger partial charge in [0.2, 0.25) is 5.95 Å². The first-order chi connectivity index (χ1) is 16.4. The first kappa shape index (κ1) is 23.1. The number of aromatic nitrogens is 4. The van der Waals surface area contributed by atoms with Gasteiger partial charge in [0, 0.05) is 62.3 Å². The SMILES string of the molecule is C[C@@H]1CCCN1c1cc(-c2ccc(Cl)c(F)c2)nc(N2CCN(c3nccnc3Cl)C[C@@H]2C)n1. The molecule has 2 atom stereocenters. The van der Waals surface area contributed by atoms with Gasteiger partial charge in [-0.05, 0) is 38.8 Å². The summed E-state index contributed by atoms with van der Waals surface area (Å²) >= 11 is 12.2. The lowest BCUT2D eigenvalue weighted by Crippen LogP contribution is -2.53. The third-order valence-electron chi connectivity index (χ3n) is 6.58. The van der Waals surface area contributed by atoms with Gasteiger partial charge in [0.05, 0.1) is 10.7 Å². The maximum absolute atomic E-state index is 14.3. The molecule has 0 amide bonds. The van der Waals surface area contributed by atoms with E-state index in [9.17, 15) is 4.39 Å². The fraction of sp³-hybridized carbons (Fsp3) is 0.417. The second-order valence-electron chi connectivity index (χ2n) is 8.88. The van der Waals surface area contributed by atoms with Gasteiger partial charge in [0.15, 0.2) is 11.0 Å². The van der Waals surface area contributed by atoms with Crippen LogP contribution < -0.4 is 14.7 Å². The highest BCUT2D eigenvalue weighted by Crippen LogP contribution is 2.32. The van der Waals surface area contributed by atoms with Crippen LogP contribution in [0.5, 0.6) is 0 Å². The molecule has 0 bridgehead atoms. The highest BCUT2D eigenvalue weighted by Gasteiger charge is 2.30. The topological polar surface area (TPSA) is 61.3 Å². The number of rotatable bonds is 4. The Hall–Kier alpha value is -2.71. The predicted octanol–water partition coefficient (Wildman–Crippen LogP) is 5.08. The predicted molar refractivity (Wildman–Crippen MR) is 135 cm³/mol.